The van der Waals surface area contributed by atoms with Crippen molar-refractivity contribution in [3.63, 3.8) is 0 Å². The zero-order chi connectivity index (χ0) is 15.6. The normalized spacial score (nSPS) is 15.8. The molecule has 1 heterocycles. The van der Waals surface area contributed by atoms with Gasteiger partial charge in [0.1, 0.15) is 0 Å². The molecule has 0 saturated heterocycles. The Hall–Kier alpha value is -0.610. The van der Waals surface area contributed by atoms with Gasteiger partial charge in [-0.15, -0.1) is 11.3 Å². The summed E-state index contributed by atoms with van der Waals surface area (Å²) in [6.07, 6.45) is 3.93. The molecule has 1 aliphatic rings. The third-order valence-electron chi connectivity index (χ3n) is 3.84. The highest BCUT2D eigenvalue weighted by molar-refractivity contribution is 7.15. The lowest BCUT2D eigenvalue weighted by atomic mass is 10.1. The minimum atomic E-state index is 0.157. The molecule has 1 aromatic heterocycles. The Balaban J connectivity index is 2.04. The monoisotopic (exact) mass is 309 g/mol. The van der Waals surface area contributed by atoms with E-state index in [0.717, 1.165) is 25.0 Å². The topological polar surface area (TPSA) is 28.2 Å². The molecule has 2 rings (SSSR count). The second-order valence-electron chi connectivity index (χ2n) is 7.72. The van der Waals surface area contributed by atoms with E-state index in [-0.39, 0.29) is 5.54 Å². The first-order chi connectivity index (χ1) is 9.76. The van der Waals surface area contributed by atoms with Crippen LogP contribution in [0.15, 0.2) is 0 Å². The van der Waals surface area contributed by atoms with Gasteiger partial charge in [0.25, 0.3) is 0 Å². The molecular formula is C17H31N3S. The van der Waals surface area contributed by atoms with E-state index < -0.39 is 0 Å². The van der Waals surface area contributed by atoms with E-state index in [1.54, 1.807) is 0 Å². The van der Waals surface area contributed by atoms with Crippen LogP contribution in [0.5, 0.6) is 0 Å². The summed E-state index contributed by atoms with van der Waals surface area (Å²) in [6.45, 7) is 15.5. The van der Waals surface area contributed by atoms with Gasteiger partial charge in [-0.05, 0) is 52.9 Å². The van der Waals surface area contributed by atoms with Crippen molar-refractivity contribution in [3.8, 4) is 0 Å². The summed E-state index contributed by atoms with van der Waals surface area (Å²) in [5, 5.41) is 4.82. The fraction of sp³-hybridized carbons (Fsp3) is 0.824. The first-order valence-electron chi connectivity index (χ1n) is 8.24. The van der Waals surface area contributed by atoms with E-state index >= 15 is 0 Å². The molecule has 1 aromatic rings. The smallest absolute Gasteiger partial charge is 0.186 e. The van der Waals surface area contributed by atoms with Gasteiger partial charge < -0.3 is 10.2 Å². The Morgan fingerprint density at radius 2 is 2.00 bits per heavy atom. The maximum absolute atomic E-state index is 4.86. The molecule has 120 valence electrons. The minimum absolute atomic E-state index is 0.157. The number of rotatable bonds is 7. The van der Waals surface area contributed by atoms with E-state index in [1.807, 2.05) is 11.3 Å². The van der Waals surface area contributed by atoms with Crippen molar-refractivity contribution in [3.05, 3.63) is 10.6 Å². The quantitative estimate of drug-likeness (QED) is 0.811. The zero-order valence-electron chi connectivity index (χ0n) is 14.5. The van der Waals surface area contributed by atoms with Crippen LogP contribution in [-0.2, 0) is 6.54 Å². The van der Waals surface area contributed by atoms with Gasteiger partial charge >= 0.3 is 0 Å². The van der Waals surface area contributed by atoms with Gasteiger partial charge in [-0.2, -0.15) is 0 Å². The molecule has 4 heteroatoms. The van der Waals surface area contributed by atoms with E-state index in [0.29, 0.717) is 0 Å². The average molecular weight is 310 g/mol. The fourth-order valence-corrected chi connectivity index (χ4v) is 3.36. The predicted molar refractivity (Wildman–Crippen MR) is 93.3 cm³/mol. The van der Waals surface area contributed by atoms with Gasteiger partial charge in [0, 0.05) is 29.5 Å². The first-order valence-corrected chi connectivity index (χ1v) is 9.06. The van der Waals surface area contributed by atoms with Crippen molar-refractivity contribution < 1.29 is 0 Å². The van der Waals surface area contributed by atoms with Gasteiger partial charge in [0.15, 0.2) is 5.13 Å². The van der Waals surface area contributed by atoms with E-state index in [2.05, 4.69) is 51.8 Å². The van der Waals surface area contributed by atoms with E-state index in [9.17, 15) is 0 Å². The molecule has 0 unspecified atom stereocenters. The van der Waals surface area contributed by atoms with Crippen LogP contribution in [0, 0.1) is 12.8 Å². The number of nitrogens with one attached hydrogen (secondary N) is 1. The Morgan fingerprint density at radius 1 is 1.33 bits per heavy atom. The lowest BCUT2D eigenvalue weighted by molar-refractivity contribution is 0.425. The third kappa shape index (κ3) is 5.26. The van der Waals surface area contributed by atoms with Gasteiger partial charge in [0.05, 0.1) is 5.69 Å². The molecule has 0 radical (unpaired) electrons. The van der Waals surface area contributed by atoms with Crippen LogP contribution in [0.3, 0.4) is 0 Å². The summed E-state index contributed by atoms with van der Waals surface area (Å²) in [5.74, 6) is 0.759. The lowest BCUT2D eigenvalue weighted by Gasteiger charge is -2.22. The van der Waals surface area contributed by atoms with Crippen LogP contribution in [0.25, 0.3) is 0 Å². The lowest BCUT2D eigenvalue weighted by Crippen LogP contribution is -2.34. The maximum atomic E-state index is 4.86. The SMILES string of the molecule is Cc1nc(N(CCC(C)C)C2CC2)sc1CNC(C)(C)C. The summed E-state index contributed by atoms with van der Waals surface area (Å²) in [7, 11) is 0. The van der Waals surface area contributed by atoms with Crippen LogP contribution in [-0.4, -0.2) is 23.1 Å². The summed E-state index contributed by atoms with van der Waals surface area (Å²) >= 11 is 1.88. The van der Waals surface area contributed by atoms with E-state index in [1.165, 1.54) is 35.0 Å². The highest BCUT2D eigenvalue weighted by Gasteiger charge is 2.31. The second kappa shape index (κ2) is 6.66. The summed E-state index contributed by atoms with van der Waals surface area (Å²) in [6, 6.07) is 0.748. The summed E-state index contributed by atoms with van der Waals surface area (Å²) in [4.78, 5) is 8.79. The third-order valence-corrected chi connectivity index (χ3v) is 5.04. The van der Waals surface area contributed by atoms with Crippen molar-refractivity contribution in [2.75, 3.05) is 11.4 Å². The number of thiazole rings is 1. The molecule has 0 atom stereocenters. The van der Waals surface area contributed by atoms with Crippen LogP contribution in [0.1, 0.15) is 64.5 Å². The number of hydrogen-bond acceptors (Lipinski definition) is 4. The number of anilines is 1. The highest BCUT2D eigenvalue weighted by Crippen LogP contribution is 2.35. The largest absolute Gasteiger partial charge is 0.345 e. The first kappa shape index (κ1) is 16.8. The molecule has 1 N–H and O–H groups in total. The van der Waals surface area contributed by atoms with Gasteiger partial charge in [-0.1, -0.05) is 13.8 Å². The van der Waals surface area contributed by atoms with Gasteiger partial charge in [-0.3, -0.25) is 0 Å². The standard InChI is InChI=1S/C17H31N3S/c1-12(2)9-10-20(14-7-8-14)16-19-13(3)15(21-16)11-18-17(4,5)6/h12,14,18H,7-11H2,1-6H3. The number of hydrogen-bond donors (Lipinski definition) is 1. The van der Waals surface area contributed by atoms with Crippen LogP contribution in [0.2, 0.25) is 0 Å². The maximum Gasteiger partial charge on any atom is 0.186 e. The molecular weight excluding hydrogens is 278 g/mol. The molecule has 0 spiro atoms. The highest BCUT2D eigenvalue weighted by atomic mass is 32.1. The van der Waals surface area contributed by atoms with Crippen molar-refractivity contribution in [2.24, 2.45) is 5.92 Å². The number of nitrogens with zero attached hydrogens (tertiary/aromatic N) is 2. The van der Waals surface area contributed by atoms with Crippen LogP contribution >= 0.6 is 11.3 Å². The Labute approximate surface area is 134 Å². The molecule has 1 aliphatic carbocycles. The Kier molecular flexibility index (Phi) is 5.31. The Morgan fingerprint density at radius 3 is 2.52 bits per heavy atom. The average Bonchev–Trinajstić information content (AvgIpc) is 3.10. The minimum Gasteiger partial charge on any atom is -0.345 e. The molecule has 0 aromatic carbocycles. The fourth-order valence-electron chi connectivity index (χ4n) is 2.26. The predicted octanol–water partition coefficient (Wildman–Crippen LogP) is 4.35. The van der Waals surface area contributed by atoms with E-state index in [4.69, 9.17) is 4.98 Å². The molecule has 0 aliphatic heterocycles. The second-order valence-corrected chi connectivity index (χ2v) is 8.78. The van der Waals surface area contributed by atoms with Gasteiger partial charge in [-0.25, -0.2) is 4.98 Å². The zero-order valence-corrected chi connectivity index (χ0v) is 15.3. The molecule has 21 heavy (non-hydrogen) atoms. The molecule has 1 fully saturated rings. The van der Waals surface area contributed by atoms with Gasteiger partial charge in [0.2, 0.25) is 0 Å². The van der Waals surface area contributed by atoms with Crippen LogP contribution < -0.4 is 10.2 Å². The number of aromatic nitrogens is 1. The summed E-state index contributed by atoms with van der Waals surface area (Å²) < 4.78 is 0. The molecule has 1 saturated carbocycles. The summed E-state index contributed by atoms with van der Waals surface area (Å²) in [5.41, 5.74) is 1.35. The Bertz CT molecular complexity index is 455. The van der Waals surface area contributed by atoms with Crippen LogP contribution in [0.4, 0.5) is 5.13 Å². The van der Waals surface area contributed by atoms with Crippen molar-refractivity contribution >= 4 is 16.5 Å². The van der Waals surface area contributed by atoms with Crippen molar-refractivity contribution in [2.45, 2.75) is 78.9 Å². The van der Waals surface area contributed by atoms with Crippen molar-refractivity contribution in [1.29, 1.82) is 0 Å². The number of aryl methyl sites for hydroxylation is 1. The molecule has 0 bridgehead atoms. The molecule has 0 amide bonds. The van der Waals surface area contributed by atoms with Crippen molar-refractivity contribution in [1.82, 2.24) is 10.3 Å². The molecule has 3 nitrogen and oxygen atoms in total.